The van der Waals surface area contributed by atoms with E-state index in [9.17, 15) is 13.2 Å². The minimum Gasteiger partial charge on any atom is -0.473 e. The van der Waals surface area contributed by atoms with Gasteiger partial charge in [0.05, 0.1) is 10.7 Å². The largest absolute Gasteiger partial charge is 0.473 e. The van der Waals surface area contributed by atoms with Crippen molar-refractivity contribution in [2.45, 2.75) is 13.1 Å². The van der Waals surface area contributed by atoms with E-state index in [2.05, 4.69) is 11.6 Å². The summed E-state index contributed by atoms with van der Waals surface area (Å²) in [5.41, 5.74) is 4.45. The first kappa shape index (κ1) is 18.4. The van der Waals surface area contributed by atoms with Gasteiger partial charge >= 0.3 is 6.18 Å². The zero-order valence-electron chi connectivity index (χ0n) is 11.5. The van der Waals surface area contributed by atoms with Gasteiger partial charge < -0.3 is 10.5 Å². The van der Waals surface area contributed by atoms with Gasteiger partial charge in [-0.15, -0.1) is 0 Å². The quantitative estimate of drug-likeness (QED) is 0.469. The van der Waals surface area contributed by atoms with Gasteiger partial charge in [-0.05, 0) is 30.7 Å². The number of nitrogens with zero attached hydrogens (tertiary/aromatic N) is 1. The van der Waals surface area contributed by atoms with Gasteiger partial charge in [0.1, 0.15) is 12.2 Å². The highest BCUT2D eigenvalue weighted by atomic mass is 35.5. The highest BCUT2D eigenvalue weighted by molar-refractivity contribution is 6.36. The molecular formula is C14H13Cl2F3N2O. The molecule has 1 rings (SSSR count). The summed E-state index contributed by atoms with van der Waals surface area (Å²) in [5.74, 6) is -0.692. The van der Waals surface area contributed by atoms with Crippen molar-refractivity contribution in [1.29, 1.82) is 0 Å². The fraction of sp³-hybridized carbons (Fsp3) is 0.214. The average molecular weight is 353 g/mol. The summed E-state index contributed by atoms with van der Waals surface area (Å²) < 4.78 is 44.0. The molecule has 0 spiro atoms. The third kappa shape index (κ3) is 5.27. The number of ether oxygens (including phenoxy) is 1. The molecule has 0 saturated carbocycles. The lowest BCUT2D eigenvalue weighted by Crippen LogP contribution is -2.24. The van der Waals surface area contributed by atoms with Crippen molar-refractivity contribution in [3.05, 3.63) is 52.2 Å². The van der Waals surface area contributed by atoms with Crippen LogP contribution in [0.1, 0.15) is 6.92 Å². The summed E-state index contributed by atoms with van der Waals surface area (Å²) in [4.78, 5) is 3.80. The first-order valence-corrected chi connectivity index (χ1v) is 6.71. The molecule has 0 unspecified atom stereocenters. The summed E-state index contributed by atoms with van der Waals surface area (Å²) in [6.07, 6.45) is -4.33. The Morgan fingerprint density at radius 3 is 2.50 bits per heavy atom. The van der Waals surface area contributed by atoms with Gasteiger partial charge in [0.15, 0.2) is 0 Å². The predicted molar refractivity (Wildman–Crippen MR) is 82.6 cm³/mol. The van der Waals surface area contributed by atoms with Crippen molar-refractivity contribution in [1.82, 2.24) is 0 Å². The molecule has 0 heterocycles. The van der Waals surface area contributed by atoms with E-state index < -0.39 is 17.6 Å². The average Bonchev–Trinajstić information content (AvgIpc) is 2.37. The fourth-order valence-corrected chi connectivity index (χ4v) is 1.78. The number of nitrogens with two attached hydrogens (primary N) is 1. The van der Waals surface area contributed by atoms with Crippen LogP contribution in [0.3, 0.4) is 0 Å². The molecule has 1 aromatic rings. The van der Waals surface area contributed by atoms with Crippen LogP contribution in [0.4, 0.5) is 18.9 Å². The smallest absolute Gasteiger partial charge is 0.422 e. The monoisotopic (exact) mass is 352 g/mol. The molecule has 0 aliphatic carbocycles. The summed E-state index contributed by atoms with van der Waals surface area (Å²) in [7, 11) is 0. The topological polar surface area (TPSA) is 47.6 Å². The van der Waals surface area contributed by atoms with Crippen LogP contribution in [0.25, 0.3) is 0 Å². The summed E-state index contributed by atoms with van der Waals surface area (Å²) >= 11 is 11.6. The molecule has 0 radical (unpaired) electrons. The molecular weight excluding hydrogens is 340 g/mol. The molecule has 0 atom stereocenters. The first-order chi connectivity index (χ1) is 10.1. The molecule has 8 heteroatoms. The second-order valence-corrected chi connectivity index (χ2v) is 5.18. The molecule has 2 N–H and O–H groups in total. The number of rotatable bonds is 4. The molecule has 0 aliphatic rings. The summed E-state index contributed by atoms with van der Waals surface area (Å²) in [6.45, 7) is 5.02. The third-order valence-electron chi connectivity index (χ3n) is 2.29. The Labute approximate surface area is 135 Å². The zero-order valence-corrected chi connectivity index (χ0v) is 13.1. The minimum atomic E-state index is -4.72. The van der Waals surface area contributed by atoms with Crippen molar-refractivity contribution in [3.63, 3.8) is 0 Å². The lowest BCUT2D eigenvalue weighted by atomic mass is 10.2. The van der Waals surface area contributed by atoms with Crippen molar-refractivity contribution in [2.24, 2.45) is 10.7 Å². The Balaban J connectivity index is 3.30. The number of alkyl halides is 3. The van der Waals surface area contributed by atoms with E-state index in [0.29, 0.717) is 16.8 Å². The van der Waals surface area contributed by atoms with Crippen LogP contribution in [0, 0.1) is 0 Å². The second-order valence-electron chi connectivity index (χ2n) is 4.34. The van der Waals surface area contributed by atoms with Gasteiger partial charge in [0.25, 0.3) is 0 Å². The predicted octanol–water partition coefficient (Wildman–Crippen LogP) is 5.02. The number of aliphatic imine (C=N–C) groups is 1. The Morgan fingerprint density at radius 2 is 2.05 bits per heavy atom. The van der Waals surface area contributed by atoms with Gasteiger partial charge in [-0.1, -0.05) is 29.8 Å². The van der Waals surface area contributed by atoms with Gasteiger partial charge in [0, 0.05) is 11.2 Å². The molecule has 0 aliphatic heterocycles. The Kier molecular flexibility index (Phi) is 6.32. The molecule has 1 aromatic carbocycles. The lowest BCUT2D eigenvalue weighted by Gasteiger charge is -2.15. The Bertz CT molecular complexity index is 625. The van der Waals surface area contributed by atoms with E-state index >= 15 is 0 Å². The third-order valence-corrected chi connectivity index (χ3v) is 2.83. The standard InChI is InChI=1S/C14H13Cl2F3N2O/c1-8(2)7-22-13(10(6-20)14(17,18)19)21-12-4-3-9(15)5-11(12)16/h3-6H,1,7,20H2,2H3. The van der Waals surface area contributed by atoms with Crippen molar-refractivity contribution >= 4 is 34.8 Å². The summed E-state index contributed by atoms with van der Waals surface area (Å²) in [5, 5.41) is 0.418. The number of hydrogen-bond donors (Lipinski definition) is 1. The molecule has 22 heavy (non-hydrogen) atoms. The molecule has 0 bridgehead atoms. The minimum absolute atomic E-state index is 0.0754. The van der Waals surface area contributed by atoms with E-state index in [1.54, 1.807) is 6.92 Å². The van der Waals surface area contributed by atoms with Gasteiger partial charge in [-0.3, -0.25) is 0 Å². The molecule has 0 saturated heterocycles. The van der Waals surface area contributed by atoms with E-state index in [1.807, 2.05) is 0 Å². The maximum atomic E-state index is 13.0. The first-order valence-electron chi connectivity index (χ1n) is 5.95. The maximum Gasteiger partial charge on any atom is 0.422 e. The van der Waals surface area contributed by atoms with Crippen LogP contribution in [0.2, 0.25) is 10.0 Å². The van der Waals surface area contributed by atoms with Gasteiger partial charge in [-0.25, -0.2) is 4.99 Å². The van der Waals surface area contributed by atoms with E-state index in [-0.39, 0.29) is 17.3 Å². The van der Waals surface area contributed by atoms with Gasteiger partial charge in [0.2, 0.25) is 5.90 Å². The van der Waals surface area contributed by atoms with Crippen LogP contribution >= 0.6 is 23.2 Å². The maximum absolute atomic E-state index is 13.0. The van der Waals surface area contributed by atoms with Crippen molar-refractivity contribution in [2.75, 3.05) is 6.61 Å². The molecule has 3 nitrogen and oxygen atoms in total. The fourth-order valence-electron chi connectivity index (χ4n) is 1.33. The van der Waals surface area contributed by atoms with Crippen LogP contribution in [-0.4, -0.2) is 18.7 Å². The molecule has 120 valence electrons. The van der Waals surface area contributed by atoms with Crippen molar-refractivity contribution in [3.8, 4) is 0 Å². The van der Waals surface area contributed by atoms with E-state index in [0.717, 1.165) is 0 Å². The van der Waals surface area contributed by atoms with Crippen LogP contribution in [-0.2, 0) is 4.74 Å². The van der Waals surface area contributed by atoms with Crippen LogP contribution in [0.15, 0.2) is 47.1 Å². The van der Waals surface area contributed by atoms with Crippen LogP contribution < -0.4 is 5.73 Å². The van der Waals surface area contributed by atoms with E-state index in [4.69, 9.17) is 33.7 Å². The Hall–Kier alpha value is -1.66. The molecule has 0 aromatic heterocycles. The van der Waals surface area contributed by atoms with Gasteiger partial charge in [-0.2, -0.15) is 13.2 Å². The Morgan fingerprint density at radius 1 is 1.41 bits per heavy atom. The highest BCUT2D eigenvalue weighted by Crippen LogP contribution is 2.32. The summed E-state index contributed by atoms with van der Waals surface area (Å²) in [6, 6.07) is 4.18. The van der Waals surface area contributed by atoms with E-state index in [1.165, 1.54) is 18.2 Å². The molecule has 0 amide bonds. The normalized spacial score (nSPS) is 13.2. The SMILES string of the molecule is C=C(C)COC(=Nc1ccc(Cl)cc1Cl)C(=CN)C(F)(F)F. The zero-order chi connectivity index (χ0) is 16.9. The number of hydrogen-bond acceptors (Lipinski definition) is 3. The lowest BCUT2D eigenvalue weighted by molar-refractivity contribution is -0.0879. The number of benzene rings is 1. The molecule has 0 fully saturated rings. The second kappa shape index (κ2) is 7.56. The van der Waals surface area contributed by atoms with Crippen LogP contribution in [0.5, 0.6) is 0 Å². The highest BCUT2D eigenvalue weighted by Gasteiger charge is 2.38. The van der Waals surface area contributed by atoms with Crippen molar-refractivity contribution < 1.29 is 17.9 Å². The number of halogens is 5.